The molecule has 0 heterocycles. The topological polar surface area (TPSA) is 30.5 Å². The van der Waals surface area contributed by atoms with Crippen LogP contribution in [0.1, 0.15) is 41.0 Å². The Morgan fingerprint density at radius 1 is 1.25 bits per heavy atom. The molecule has 0 bridgehead atoms. The van der Waals surface area contributed by atoms with Gasteiger partial charge in [0.1, 0.15) is 0 Å². The Labute approximate surface area is 101 Å². The van der Waals surface area contributed by atoms with E-state index in [1.165, 1.54) is 0 Å². The minimum absolute atomic E-state index is 0.0415. The molecule has 0 rings (SSSR count). The van der Waals surface area contributed by atoms with Crippen LogP contribution in [0.5, 0.6) is 0 Å². The summed E-state index contributed by atoms with van der Waals surface area (Å²) in [5, 5.41) is 3.54. The van der Waals surface area contributed by atoms with E-state index in [0.29, 0.717) is 12.0 Å². The molecule has 0 aromatic carbocycles. The first-order valence-electron chi connectivity index (χ1n) is 6.29. The molecule has 0 aromatic rings. The molecule has 0 aliphatic carbocycles. The molecule has 0 spiro atoms. The van der Waals surface area contributed by atoms with Crippen LogP contribution in [0.3, 0.4) is 0 Å². The van der Waals surface area contributed by atoms with Crippen LogP contribution in [0.25, 0.3) is 0 Å². The fourth-order valence-electron chi connectivity index (χ4n) is 1.39. The number of hydrogen-bond donors (Lipinski definition) is 1. The highest BCUT2D eigenvalue weighted by Crippen LogP contribution is 2.12. The molecule has 1 unspecified atom stereocenters. The van der Waals surface area contributed by atoms with Crippen LogP contribution in [-0.2, 0) is 9.47 Å². The van der Waals surface area contributed by atoms with Gasteiger partial charge in [-0.2, -0.15) is 0 Å². The average molecular weight is 231 g/mol. The van der Waals surface area contributed by atoms with Gasteiger partial charge in [0.2, 0.25) is 0 Å². The number of methoxy groups -OCH3 is 1. The first kappa shape index (κ1) is 15.9. The minimum atomic E-state index is -0.0415. The third kappa shape index (κ3) is 7.20. The summed E-state index contributed by atoms with van der Waals surface area (Å²) in [5.41, 5.74) is -0.0415. The Hall–Kier alpha value is -0.120. The van der Waals surface area contributed by atoms with Crippen molar-refractivity contribution in [3.8, 4) is 0 Å². The third-order valence-corrected chi connectivity index (χ3v) is 2.99. The second kappa shape index (κ2) is 8.04. The van der Waals surface area contributed by atoms with E-state index in [0.717, 1.165) is 26.2 Å². The first-order chi connectivity index (χ1) is 7.43. The van der Waals surface area contributed by atoms with Crippen LogP contribution >= 0.6 is 0 Å². The van der Waals surface area contributed by atoms with Gasteiger partial charge in [-0.3, -0.25) is 0 Å². The van der Waals surface area contributed by atoms with Crippen molar-refractivity contribution in [3.05, 3.63) is 0 Å². The van der Waals surface area contributed by atoms with Gasteiger partial charge in [0.25, 0.3) is 0 Å². The maximum absolute atomic E-state index is 5.47. The Bertz CT molecular complexity index is 169. The monoisotopic (exact) mass is 231 g/mol. The van der Waals surface area contributed by atoms with Gasteiger partial charge in [-0.15, -0.1) is 0 Å². The van der Waals surface area contributed by atoms with E-state index in [9.17, 15) is 0 Å². The fourth-order valence-corrected chi connectivity index (χ4v) is 1.39. The van der Waals surface area contributed by atoms with E-state index in [1.807, 2.05) is 6.92 Å². The molecule has 98 valence electrons. The molecule has 0 fully saturated rings. The molecule has 0 aliphatic heterocycles. The summed E-state index contributed by atoms with van der Waals surface area (Å²) in [6.45, 7) is 13.2. The highest BCUT2D eigenvalue weighted by molar-refractivity contribution is 4.74. The van der Waals surface area contributed by atoms with E-state index in [1.54, 1.807) is 7.11 Å². The second-order valence-electron chi connectivity index (χ2n) is 5.18. The Balaban J connectivity index is 3.84. The standard InChI is InChI=1S/C13H29NO2/c1-7-16-10-12(11(2)3)14-9-8-13(4,5)15-6/h11-12,14H,7-10H2,1-6H3. The van der Waals surface area contributed by atoms with Crippen molar-refractivity contribution in [2.45, 2.75) is 52.7 Å². The number of rotatable bonds is 9. The third-order valence-electron chi connectivity index (χ3n) is 2.99. The summed E-state index contributed by atoms with van der Waals surface area (Å²) in [6.07, 6.45) is 1.01. The molecule has 0 aliphatic rings. The summed E-state index contributed by atoms with van der Waals surface area (Å²) >= 11 is 0. The molecule has 16 heavy (non-hydrogen) atoms. The number of nitrogens with one attached hydrogen (secondary N) is 1. The number of ether oxygens (including phenoxy) is 2. The molecule has 0 saturated heterocycles. The molecule has 0 saturated carbocycles. The molecule has 1 N–H and O–H groups in total. The summed E-state index contributed by atoms with van der Waals surface area (Å²) < 4.78 is 10.9. The normalized spacial score (nSPS) is 14.4. The maximum Gasteiger partial charge on any atom is 0.0634 e. The lowest BCUT2D eigenvalue weighted by atomic mass is 10.0. The van der Waals surface area contributed by atoms with Gasteiger partial charge in [-0.1, -0.05) is 13.8 Å². The van der Waals surface area contributed by atoms with Crippen molar-refractivity contribution < 1.29 is 9.47 Å². The Morgan fingerprint density at radius 3 is 2.31 bits per heavy atom. The van der Waals surface area contributed by atoms with Gasteiger partial charge >= 0.3 is 0 Å². The van der Waals surface area contributed by atoms with Crippen LogP contribution in [0, 0.1) is 5.92 Å². The predicted molar refractivity (Wildman–Crippen MR) is 68.8 cm³/mol. The van der Waals surface area contributed by atoms with Crippen LogP contribution < -0.4 is 5.32 Å². The number of hydrogen-bond acceptors (Lipinski definition) is 3. The van der Waals surface area contributed by atoms with Gasteiger partial charge in [-0.05, 0) is 39.7 Å². The molecular weight excluding hydrogens is 202 g/mol. The predicted octanol–water partition coefficient (Wildman–Crippen LogP) is 2.45. The lowest BCUT2D eigenvalue weighted by Crippen LogP contribution is -2.40. The van der Waals surface area contributed by atoms with E-state index >= 15 is 0 Å². The zero-order chi connectivity index (χ0) is 12.6. The summed E-state index contributed by atoms with van der Waals surface area (Å²) in [5.74, 6) is 0.595. The van der Waals surface area contributed by atoms with Crippen LogP contribution in [0.2, 0.25) is 0 Å². The molecule has 1 atom stereocenters. The van der Waals surface area contributed by atoms with Crippen molar-refractivity contribution in [1.82, 2.24) is 5.32 Å². The molecule has 3 nitrogen and oxygen atoms in total. The van der Waals surface area contributed by atoms with E-state index < -0.39 is 0 Å². The van der Waals surface area contributed by atoms with Gasteiger partial charge in [0.15, 0.2) is 0 Å². The van der Waals surface area contributed by atoms with E-state index in [-0.39, 0.29) is 5.60 Å². The zero-order valence-electron chi connectivity index (χ0n) is 11.8. The van der Waals surface area contributed by atoms with Gasteiger partial charge in [0, 0.05) is 19.8 Å². The van der Waals surface area contributed by atoms with Crippen molar-refractivity contribution in [3.63, 3.8) is 0 Å². The molecule has 0 aromatic heterocycles. The summed E-state index contributed by atoms with van der Waals surface area (Å²) in [7, 11) is 1.76. The quantitative estimate of drug-likeness (QED) is 0.661. The van der Waals surface area contributed by atoms with Crippen LogP contribution in [0.4, 0.5) is 0 Å². The molecule has 0 radical (unpaired) electrons. The van der Waals surface area contributed by atoms with Crippen molar-refractivity contribution in [1.29, 1.82) is 0 Å². The van der Waals surface area contributed by atoms with Crippen molar-refractivity contribution >= 4 is 0 Å². The van der Waals surface area contributed by atoms with Gasteiger partial charge in [-0.25, -0.2) is 0 Å². The summed E-state index contributed by atoms with van der Waals surface area (Å²) in [4.78, 5) is 0. The highest BCUT2D eigenvalue weighted by atomic mass is 16.5. The summed E-state index contributed by atoms with van der Waals surface area (Å²) in [6, 6.07) is 0.438. The Kier molecular flexibility index (Phi) is 7.98. The Morgan fingerprint density at radius 2 is 1.88 bits per heavy atom. The molecular formula is C13H29NO2. The first-order valence-corrected chi connectivity index (χ1v) is 6.29. The zero-order valence-corrected chi connectivity index (χ0v) is 11.8. The lowest BCUT2D eigenvalue weighted by Gasteiger charge is -2.26. The van der Waals surface area contributed by atoms with E-state index in [4.69, 9.17) is 9.47 Å². The maximum atomic E-state index is 5.47. The average Bonchev–Trinajstić information content (AvgIpc) is 2.22. The minimum Gasteiger partial charge on any atom is -0.380 e. The lowest BCUT2D eigenvalue weighted by molar-refractivity contribution is 0.0137. The van der Waals surface area contributed by atoms with E-state index in [2.05, 4.69) is 33.0 Å². The SMILES string of the molecule is CCOCC(NCCC(C)(C)OC)C(C)C. The van der Waals surface area contributed by atoms with Crippen molar-refractivity contribution in [2.24, 2.45) is 5.92 Å². The van der Waals surface area contributed by atoms with Crippen LogP contribution in [-0.4, -0.2) is 38.5 Å². The van der Waals surface area contributed by atoms with Gasteiger partial charge in [0.05, 0.1) is 12.2 Å². The smallest absolute Gasteiger partial charge is 0.0634 e. The molecule has 3 heteroatoms. The van der Waals surface area contributed by atoms with Crippen LogP contribution in [0.15, 0.2) is 0 Å². The second-order valence-corrected chi connectivity index (χ2v) is 5.18. The molecule has 0 amide bonds. The largest absolute Gasteiger partial charge is 0.380 e. The van der Waals surface area contributed by atoms with Crippen molar-refractivity contribution in [2.75, 3.05) is 26.9 Å². The fraction of sp³-hybridized carbons (Fsp3) is 1.00. The highest BCUT2D eigenvalue weighted by Gasteiger charge is 2.18. The van der Waals surface area contributed by atoms with Gasteiger partial charge < -0.3 is 14.8 Å².